The van der Waals surface area contributed by atoms with Gasteiger partial charge >= 0.3 is 0 Å². The molecule has 6 heteroatoms. The van der Waals surface area contributed by atoms with E-state index in [1.54, 1.807) is 18.2 Å². The number of benzene rings is 2. The summed E-state index contributed by atoms with van der Waals surface area (Å²) in [6.45, 7) is 2.04. The van der Waals surface area contributed by atoms with Crippen LogP contribution in [-0.2, 0) is 16.4 Å². The first kappa shape index (κ1) is 15.7. The molecule has 2 rings (SSSR count). The van der Waals surface area contributed by atoms with Gasteiger partial charge in [0, 0.05) is 12.1 Å². The summed E-state index contributed by atoms with van der Waals surface area (Å²) in [5.74, 6) is 0. The Bertz CT molecular complexity index is 743. The second-order valence-corrected chi connectivity index (χ2v) is 7.05. The van der Waals surface area contributed by atoms with Gasteiger partial charge in [-0.1, -0.05) is 30.7 Å². The molecule has 0 unspecified atom stereocenters. The number of anilines is 2. The lowest BCUT2D eigenvalue weighted by Gasteiger charge is -2.20. The van der Waals surface area contributed by atoms with Crippen molar-refractivity contribution in [3.8, 4) is 0 Å². The Morgan fingerprint density at radius 3 is 2.33 bits per heavy atom. The standard InChI is InChI=1S/C15H17ClN2O2S/c1-3-11-4-7-13(8-5-11)18(2)21(19,20)15-10-12(16)6-9-14(15)17/h4-10H,3,17H2,1-2H3. The molecular formula is C15H17ClN2O2S. The number of hydrogen-bond donors (Lipinski definition) is 1. The Morgan fingerprint density at radius 1 is 1.14 bits per heavy atom. The molecule has 0 saturated heterocycles. The van der Waals surface area contributed by atoms with Gasteiger partial charge in [0.25, 0.3) is 10.0 Å². The first-order valence-corrected chi connectivity index (χ1v) is 8.31. The highest BCUT2D eigenvalue weighted by Gasteiger charge is 2.24. The van der Waals surface area contributed by atoms with Crippen molar-refractivity contribution in [3.05, 3.63) is 53.1 Å². The molecule has 0 saturated carbocycles. The average Bonchev–Trinajstić information content (AvgIpc) is 2.49. The lowest BCUT2D eigenvalue weighted by Crippen LogP contribution is -2.27. The van der Waals surface area contributed by atoms with Crippen LogP contribution in [0.2, 0.25) is 5.02 Å². The minimum absolute atomic E-state index is 0.0112. The molecule has 112 valence electrons. The number of sulfonamides is 1. The molecule has 0 aliphatic heterocycles. The highest BCUT2D eigenvalue weighted by Crippen LogP contribution is 2.28. The van der Waals surface area contributed by atoms with E-state index in [0.29, 0.717) is 10.7 Å². The number of rotatable bonds is 4. The molecule has 0 spiro atoms. The van der Waals surface area contributed by atoms with Gasteiger partial charge in [0.2, 0.25) is 0 Å². The van der Waals surface area contributed by atoms with Gasteiger partial charge in [0.1, 0.15) is 4.90 Å². The third-order valence-electron chi connectivity index (χ3n) is 3.32. The van der Waals surface area contributed by atoms with Gasteiger partial charge in [-0.3, -0.25) is 4.31 Å². The molecule has 0 aliphatic rings. The van der Waals surface area contributed by atoms with Crippen LogP contribution in [0, 0.1) is 0 Å². The van der Waals surface area contributed by atoms with E-state index in [4.69, 9.17) is 17.3 Å². The monoisotopic (exact) mass is 324 g/mol. The Hall–Kier alpha value is -1.72. The molecule has 0 aromatic heterocycles. The smallest absolute Gasteiger partial charge is 0.266 e. The Balaban J connectivity index is 2.44. The molecule has 2 aromatic carbocycles. The molecule has 0 radical (unpaired) electrons. The fourth-order valence-electron chi connectivity index (χ4n) is 1.96. The maximum Gasteiger partial charge on any atom is 0.266 e. The highest BCUT2D eigenvalue weighted by molar-refractivity contribution is 7.93. The van der Waals surface area contributed by atoms with Crippen LogP contribution in [0.5, 0.6) is 0 Å². The fraction of sp³-hybridized carbons (Fsp3) is 0.200. The molecular weight excluding hydrogens is 308 g/mol. The van der Waals surface area contributed by atoms with Gasteiger partial charge in [-0.2, -0.15) is 0 Å². The lowest BCUT2D eigenvalue weighted by molar-refractivity contribution is 0.595. The van der Waals surface area contributed by atoms with Gasteiger partial charge in [0.05, 0.1) is 11.4 Å². The summed E-state index contributed by atoms with van der Waals surface area (Å²) in [4.78, 5) is 0.0112. The summed E-state index contributed by atoms with van der Waals surface area (Å²) in [6, 6.07) is 11.8. The summed E-state index contributed by atoms with van der Waals surface area (Å²) < 4.78 is 26.5. The normalized spacial score (nSPS) is 11.4. The number of aryl methyl sites for hydroxylation is 1. The van der Waals surface area contributed by atoms with Crippen molar-refractivity contribution in [1.29, 1.82) is 0 Å². The maximum atomic E-state index is 12.6. The zero-order valence-electron chi connectivity index (χ0n) is 11.9. The van der Waals surface area contributed by atoms with Crippen LogP contribution in [0.25, 0.3) is 0 Å². The van der Waals surface area contributed by atoms with Gasteiger partial charge in [-0.15, -0.1) is 0 Å². The molecule has 0 amide bonds. The number of nitrogens with zero attached hydrogens (tertiary/aromatic N) is 1. The second-order valence-electron chi connectivity index (χ2n) is 4.67. The van der Waals surface area contributed by atoms with Crippen molar-refractivity contribution in [1.82, 2.24) is 0 Å². The minimum atomic E-state index is -3.74. The molecule has 0 bridgehead atoms. The van der Waals surface area contributed by atoms with Crippen molar-refractivity contribution in [2.45, 2.75) is 18.2 Å². The van der Waals surface area contributed by atoms with Gasteiger partial charge in [0.15, 0.2) is 0 Å². The lowest BCUT2D eigenvalue weighted by atomic mass is 10.1. The molecule has 2 N–H and O–H groups in total. The highest BCUT2D eigenvalue weighted by atomic mass is 35.5. The van der Waals surface area contributed by atoms with Crippen LogP contribution in [-0.4, -0.2) is 15.5 Å². The van der Waals surface area contributed by atoms with Crippen LogP contribution >= 0.6 is 11.6 Å². The first-order valence-electron chi connectivity index (χ1n) is 6.49. The van der Waals surface area contributed by atoms with Crippen molar-refractivity contribution < 1.29 is 8.42 Å². The third-order valence-corrected chi connectivity index (χ3v) is 5.40. The predicted octanol–water partition coefficient (Wildman–Crippen LogP) is 3.31. The van der Waals surface area contributed by atoms with Crippen molar-refractivity contribution >= 4 is 33.0 Å². The fourth-order valence-corrected chi connectivity index (χ4v) is 3.53. The number of hydrogen-bond acceptors (Lipinski definition) is 3. The van der Waals surface area contributed by atoms with Crippen LogP contribution < -0.4 is 10.0 Å². The molecule has 0 heterocycles. The topological polar surface area (TPSA) is 63.4 Å². The molecule has 0 atom stereocenters. The van der Waals surface area contributed by atoms with Crippen LogP contribution in [0.4, 0.5) is 11.4 Å². The van der Waals surface area contributed by atoms with Crippen molar-refractivity contribution in [3.63, 3.8) is 0 Å². The van der Waals surface area contributed by atoms with E-state index in [-0.39, 0.29) is 10.6 Å². The van der Waals surface area contributed by atoms with Gasteiger partial charge in [-0.25, -0.2) is 8.42 Å². The summed E-state index contributed by atoms with van der Waals surface area (Å²) in [7, 11) is -2.24. The van der Waals surface area contributed by atoms with E-state index >= 15 is 0 Å². The summed E-state index contributed by atoms with van der Waals surface area (Å²) in [5, 5.41) is 0.331. The number of nitrogens with two attached hydrogens (primary N) is 1. The number of halogens is 1. The van der Waals surface area contributed by atoms with Crippen LogP contribution in [0.1, 0.15) is 12.5 Å². The van der Waals surface area contributed by atoms with E-state index in [1.165, 1.54) is 23.5 Å². The Labute approximate surface area is 130 Å². The van der Waals surface area contributed by atoms with E-state index in [1.807, 2.05) is 19.1 Å². The zero-order valence-corrected chi connectivity index (χ0v) is 13.4. The third kappa shape index (κ3) is 3.14. The predicted molar refractivity (Wildman–Crippen MR) is 87.3 cm³/mol. The number of nitrogen functional groups attached to an aromatic ring is 1. The van der Waals surface area contributed by atoms with Crippen LogP contribution in [0.3, 0.4) is 0 Å². The average molecular weight is 325 g/mol. The molecule has 4 nitrogen and oxygen atoms in total. The van der Waals surface area contributed by atoms with Gasteiger partial charge < -0.3 is 5.73 Å². The quantitative estimate of drug-likeness (QED) is 0.878. The largest absolute Gasteiger partial charge is 0.398 e. The minimum Gasteiger partial charge on any atom is -0.398 e. The van der Waals surface area contributed by atoms with Crippen molar-refractivity contribution in [2.24, 2.45) is 0 Å². The van der Waals surface area contributed by atoms with Gasteiger partial charge in [-0.05, 0) is 42.3 Å². The second kappa shape index (κ2) is 5.95. The summed E-state index contributed by atoms with van der Waals surface area (Å²) in [5.41, 5.74) is 7.67. The molecule has 0 fully saturated rings. The molecule has 21 heavy (non-hydrogen) atoms. The Kier molecular flexibility index (Phi) is 4.44. The summed E-state index contributed by atoms with van der Waals surface area (Å²) in [6.07, 6.45) is 0.901. The van der Waals surface area contributed by atoms with E-state index < -0.39 is 10.0 Å². The SMILES string of the molecule is CCc1ccc(N(C)S(=O)(=O)c2cc(Cl)ccc2N)cc1. The van der Waals surface area contributed by atoms with Crippen molar-refractivity contribution in [2.75, 3.05) is 17.1 Å². The maximum absolute atomic E-state index is 12.6. The van der Waals surface area contributed by atoms with Crippen LogP contribution in [0.15, 0.2) is 47.4 Å². The first-order chi connectivity index (χ1) is 9.86. The molecule has 0 aliphatic carbocycles. The summed E-state index contributed by atoms with van der Waals surface area (Å²) >= 11 is 5.87. The zero-order chi connectivity index (χ0) is 15.6. The van der Waals surface area contributed by atoms with E-state index in [9.17, 15) is 8.42 Å². The van der Waals surface area contributed by atoms with E-state index in [0.717, 1.165) is 12.0 Å². The van der Waals surface area contributed by atoms with E-state index in [2.05, 4.69) is 0 Å². The Morgan fingerprint density at radius 2 is 1.76 bits per heavy atom. The molecule has 2 aromatic rings.